The monoisotopic (exact) mass is 692 g/mol. The number of esters is 1. The minimum absolute atomic E-state index is 0.0213. The number of hydrogen-bond donors (Lipinski definition) is 3. The molecule has 11 atom stereocenters. The Labute approximate surface area is 301 Å². The summed E-state index contributed by atoms with van der Waals surface area (Å²) in [6.07, 6.45) is 17.3. The van der Waals surface area contributed by atoms with Crippen molar-refractivity contribution in [2.75, 3.05) is 26.8 Å². The average molecular weight is 693 g/mol. The summed E-state index contributed by atoms with van der Waals surface area (Å²) in [6.45, 7) is 19.6. The third kappa shape index (κ3) is 5.25. The second-order valence-electron chi connectivity index (χ2n) is 19.2. The number of nitrogens with one attached hydrogen (secondary N) is 2. The van der Waals surface area contributed by atoms with Crippen LogP contribution in [0.1, 0.15) is 125 Å². The van der Waals surface area contributed by atoms with Crippen molar-refractivity contribution in [2.24, 2.45) is 56.2 Å². The zero-order chi connectivity index (χ0) is 36.5. The first-order valence-electron chi connectivity index (χ1n) is 19.4. The molecule has 1 heterocycles. The Balaban J connectivity index is 1.28. The maximum Gasteiger partial charge on any atom is 0.306 e. The number of carboxylic acids is 1. The van der Waals surface area contributed by atoms with Crippen LogP contribution in [0, 0.1) is 68.5 Å². The van der Waals surface area contributed by atoms with E-state index in [-0.39, 0.29) is 63.4 Å². The smallest absolute Gasteiger partial charge is 0.306 e. The lowest BCUT2D eigenvalue weighted by Crippen LogP contribution is -2.87. The van der Waals surface area contributed by atoms with Crippen LogP contribution in [0.4, 0.5) is 0 Å². The zero-order valence-corrected chi connectivity index (χ0v) is 32.0. The summed E-state index contributed by atoms with van der Waals surface area (Å²) in [6, 6.07) is 0. The van der Waals surface area contributed by atoms with Crippen molar-refractivity contribution in [2.45, 2.75) is 137 Å². The number of methoxy groups -OCH3 is 1. The fourth-order valence-electron chi connectivity index (χ4n) is 14.2. The number of fused-ring (bicyclic) bond motifs is 6. The van der Waals surface area contributed by atoms with Crippen LogP contribution in [-0.2, 0) is 23.9 Å². The molecule has 0 unspecified atom stereocenters. The Bertz CT molecular complexity index is 1450. The Morgan fingerprint density at radius 2 is 1.72 bits per heavy atom. The highest BCUT2D eigenvalue weighted by molar-refractivity contribution is 5.77. The Morgan fingerprint density at radius 3 is 2.34 bits per heavy atom. The van der Waals surface area contributed by atoms with Crippen LogP contribution < -0.4 is 10.6 Å². The minimum Gasteiger partial charge on any atom is -0.481 e. The third-order valence-electron chi connectivity index (χ3n) is 16.4. The summed E-state index contributed by atoms with van der Waals surface area (Å²) in [5.41, 5.74) is -0.163. The fraction of sp³-hybridized carbons (Fsp3) is 0.833. The first-order valence-corrected chi connectivity index (χ1v) is 19.4. The van der Waals surface area contributed by atoms with Gasteiger partial charge < -0.3 is 25.2 Å². The van der Waals surface area contributed by atoms with Gasteiger partial charge in [-0.25, -0.2) is 0 Å². The van der Waals surface area contributed by atoms with Crippen LogP contribution in [0.25, 0.3) is 0 Å². The lowest BCUT2D eigenvalue weighted by atomic mass is 9.29. The molecule has 6 rings (SSSR count). The number of rotatable bonds is 11. The molecule has 1 spiro atoms. The Kier molecular flexibility index (Phi) is 9.45. The number of terminal acetylenes is 1. The van der Waals surface area contributed by atoms with Gasteiger partial charge in [0.15, 0.2) is 0 Å². The number of hydrogen-bond acceptors (Lipinski definition) is 6. The molecule has 0 bridgehead atoms. The van der Waals surface area contributed by atoms with E-state index in [0.29, 0.717) is 43.2 Å². The number of carbonyl (C=O) groups is 3. The topological polar surface area (TPSA) is 114 Å². The van der Waals surface area contributed by atoms with Crippen LogP contribution in [0.2, 0.25) is 0 Å². The number of allylic oxidation sites excluding steroid dienone is 1. The molecule has 278 valence electrons. The van der Waals surface area contributed by atoms with Crippen molar-refractivity contribution >= 4 is 17.8 Å². The second-order valence-corrected chi connectivity index (χ2v) is 19.2. The minimum atomic E-state index is -0.898. The van der Waals surface area contributed by atoms with E-state index in [4.69, 9.17) is 15.9 Å². The van der Waals surface area contributed by atoms with E-state index in [1.54, 1.807) is 7.11 Å². The number of aliphatic carboxylic acids is 1. The largest absolute Gasteiger partial charge is 0.481 e. The zero-order valence-electron chi connectivity index (χ0n) is 32.0. The molecular formula is C42H64N2O6. The average Bonchev–Trinajstić information content (AvgIpc) is 3.40. The van der Waals surface area contributed by atoms with E-state index in [9.17, 15) is 19.5 Å². The van der Waals surface area contributed by atoms with Crippen molar-refractivity contribution in [1.29, 1.82) is 0 Å². The molecule has 6 fully saturated rings. The predicted octanol–water partition coefficient (Wildman–Crippen LogP) is 6.92. The normalized spacial score (nSPS) is 44.5. The van der Waals surface area contributed by atoms with Gasteiger partial charge in [-0.15, -0.1) is 6.42 Å². The molecule has 5 saturated carbocycles. The second kappa shape index (κ2) is 12.6. The molecule has 50 heavy (non-hydrogen) atoms. The van der Waals surface area contributed by atoms with Crippen LogP contribution in [0.3, 0.4) is 0 Å². The maximum absolute atomic E-state index is 13.4. The van der Waals surface area contributed by atoms with Crippen LogP contribution in [-0.4, -0.2) is 61.4 Å². The molecule has 0 aromatic heterocycles. The number of carboxylic acid groups (broad SMARTS) is 1. The van der Waals surface area contributed by atoms with Gasteiger partial charge in [0.25, 0.3) is 0 Å². The molecule has 1 aliphatic heterocycles. The van der Waals surface area contributed by atoms with Crippen LogP contribution in [0.15, 0.2) is 12.2 Å². The van der Waals surface area contributed by atoms with Crippen molar-refractivity contribution in [3.8, 4) is 12.3 Å². The van der Waals surface area contributed by atoms with Gasteiger partial charge in [0.05, 0.1) is 19.4 Å². The Hall–Kier alpha value is -2.37. The summed E-state index contributed by atoms with van der Waals surface area (Å²) >= 11 is 0. The standard InChI is InChI=1S/C42H64N2O6/c1-10-41-19-18-40(23-32(45)43-21-22-49-9)16-13-28(27(2)3)35(40)29(41)11-12-30-37(41,6)17-20-42-38(30,7)15-14-31(39(42,8)26-44-42)50-34(48)25-36(4,5)24-33(46)47/h1,28-31,35,44H,2,11-26H2,3-9H3,(H,43,45)(H,46,47)/t28-,29+,30-,31-,35+,37+,38+,39+,40+,41+,42-/m0/s1. The number of ether oxygens (including phenoxy) is 2. The summed E-state index contributed by atoms with van der Waals surface area (Å²) in [4.78, 5) is 38.1. The molecule has 0 aromatic carbocycles. The summed E-state index contributed by atoms with van der Waals surface area (Å²) in [7, 11) is 1.66. The van der Waals surface area contributed by atoms with Crippen molar-refractivity contribution in [1.82, 2.24) is 10.6 Å². The van der Waals surface area contributed by atoms with Gasteiger partial charge in [-0.1, -0.05) is 52.7 Å². The van der Waals surface area contributed by atoms with Crippen LogP contribution in [0.5, 0.6) is 0 Å². The van der Waals surface area contributed by atoms with E-state index in [1.165, 1.54) is 5.57 Å². The quantitative estimate of drug-likeness (QED) is 0.0933. The van der Waals surface area contributed by atoms with Gasteiger partial charge in [0.1, 0.15) is 6.10 Å². The SMILES string of the molecule is C#C[C@@]12CC[C@@]3(CC(=O)NCCOC)CC[C@@H](C(=C)C)[C@@H]3[C@H]1CC[C@@H]1[C@@]3(C)CC[C@H](OC(=O)CC(C)(C)CC(=O)O)[C@@]4(C)CN[C@]43CC[C@]12C. The maximum atomic E-state index is 13.4. The highest BCUT2D eigenvalue weighted by Gasteiger charge is 2.79. The summed E-state index contributed by atoms with van der Waals surface area (Å²) < 4.78 is 11.5. The van der Waals surface area contributed by atoms with E-state index in [2.05, 4.69) is 50.8 Å². The Morgan fingerprint density at radius 1 is 0.980 bits per heavy atom. The van der Waals surface area contributed by atoms with E-state index in [0.717, 1.165) is 70.8 Å². The van der Waals surface area contributed by atoms with Gasteiger partial charge in [-0.05, 0) is 116 Å². The molecule has 1 saturated heterocycles. The van der Waals surface area contributed by atoms with Crippen molar-refractivity contribution in [3.05, 3.63) is 12.2 Å². The molecular weight excluding hydrogens is 628 g/mol. The van der Waals surface area contributed by atoms with Gasteiger partial charge in [0.2, 0.25) is 5.91 Å². The molecule has 3 N–H and O–H groups in total. The van der Waals surface area contributed by atoms with Crippen LogP contribution >= 0.6 is 0 Å². The molecule has 5 aliphatic carbocycles. The number of carbonyl (C=O) groups excluding carboxylic acids is 2. The van der Waals surface area contributed by atoms with E-state index < -0.39 is 11.4 Å². The lowest BCUT2D eigenvalue weighted by molar-refractivity contribution is -0.285. The number of amides is 1. The van der Waals surface area contributed by atoms with Gasteiger partial charge in [0, 0.05) is 43.0 Å². The molecule has 8 heteroatoms. The summed E-state index contributed by atoms with van der Waals surface area (Å²) in [5, 5.41) is 16.5. The highest BCUT2D eigenvalue weighted by atomic mass is 16.5. The molecule has 8 nitrogen and oxygen atoms in total. The first kappa shape index (κ1) is 37.4. The van der Waals surface area contributed by atoms with Gasteiger partial charge >= 0.3 is 11.9 Å². The first-order chi connectivity index (χ1) is 23.4. The van der Waals surface area contributed by atoms with Gasteiger partial charge in [-0.2, -0.15) is 0 Å². The third-order valence-corrected chi connectivity index (χ3v) is 16.4. The molecule has 0 radical (unpaired) electrons. The summed E-state index contributed by atoms with van der Waals surface area (Å²) in [5.74, 6) is 4.05. The fourth-order valence-corrected chi connectivity index (χ4v) is 14.2. The van der Waals surface area contributed by atoms with Crippen molar-refractivity contribution in [3.63, 3.8) is 0 Å². The van der Waals surface area contributed by atoms with Gasteiger partial charge in [-0.3, -0.25) is 14.4 Å². The molecule has 1 amide bonds. The van der Waals surface area contributed by atoms with Crippen molar-refractivity contribution < 1.29 is 29.0 Å². The van der Waals surface area contributed by atoms with E-state index >= 15 is 0 Å². The lowest BCUT2D eigenvalue weighted by Gasteiger charge is -2.79. The highest BCUT2D eigenvalue weighted by Crippen LogP contribution is 2.79. The molecule has 0 aromatic rings. The predicted molar refractivity (Wildman–Crippen MR) is 194 cm³/mol. The molecule has 6 aliphatic rings. The van der Waals surface area contributed by atoms with E-state index in [1.807, 2.05) is 13.8 Å².